The van der Waals surface area contributed by atoms with E-state index in [9.17, 15) is 14.0 Å². The van der Waals surface area contributed by atoms with Gasteiger partial charge in [0.15, 0.2) is 5.82 Å². The number of nitrogens with zero attached hydrogens (tertiary/aromatic N) is 3. The van der Waals surface area contributed by atoms with E-state index >= 15 is 0 Å². The Hall–Kier alpha value is -3.75. The second-order valence-electron chi connectivity index (χ2n) is 7.20. The Balaban J connectivity index is 0.00000187. The van der Waals surface area contributed by atoms with Crippen molar-refractivity contribution in [2.45, 2.75) is 47.2 Å². The van der Waals surface area contributed by atoms with Gasteiger partial charge in [0.1, 0.15) is 18.2 Å². The average molecular weight is 455 g/mol. The van der Waals surface area contributed by atoms with Crippen LogP contribution in [0, 0.1) is 19.7 Å². The molecule has 9 heteroatoms. The molecule has 4 N–H and O–H groups in total. The van der Waals surface area contributed by atoms with E-state index in [0.29, 0.717) is 31.0 Å². The van der Waals surface area contributed by atoms with Crippen molar-refractivity contribution in [1.29, 1.82) is 0 Å². The third-order valence-corrected chi connectivity index (χ3v) is 4.87. The number of anilines is 2. The molecular weight excluding hydrogens is 423 g/mol. The lowest BCUT2D eigenvalue weighted by Gasteiger charge is -2.13. The fourth-order valence-corrected chi connectivity index (χ4v) is 3.05. The Morgan fingerprint density at radius 2 is 1.82 bits per heavy atom. The molecule has 1 aromatic carbocycles. The topological polar surface area (TPSA) is 115 Å². The summed E-state index contributed by atoms with van der Waals surface area (Å²) >= 11 is 0. The molecule has 176 valence electrons. The molecule has 2 aromatic heterocycles. The van der Waals surface area contributed by atoms with Crippen LogP contribution in [0.1, 0.15) is 36.4 Å². The zero-order valence-electron chi connectivity index (χ0n) is 19.5. The lowest BCUT2D eigenvalue weighted by molar-refractivity contribution is -0.121. The van der Waals surface area contributed by atoms with Gasteiger partial charge in [0.25, 0.3) is 5.56 Å². The number of aryl methyl sites for hydroxylation is 2. The largest absolute Gasteiger partial charge is 0.384 e. The quantitative estimate of drug-likeness (QED) is 0.482. The van der Waals surface area contributed by atoms with Crippen LogP contribution in [-0.4, -0.2) is 27.0 Å². The number of halogens is 1. The Labute approximate surface area is 193 Å². The summed E-state index contributed by atoms with van der Waals surface area (Å²) in [5.74, 6) is -0.00383. The summed E-state index contributed by atoms with van der Waals surface area (Å²) in [6.07, 6.45) is 2.15. The number of pyridine rings is 1. The summed E-state index contributed by atoms with van der Waals surface area (Å²) in [7, 11) is 0. The Morgan fingerprint density at radius 3 is 2.48 bits per heavy atom. The van der Waals surface area contributed by atoms with Gasteiger partial charge in [-0.25, -0.2) is 14.4 Å². The predicted molar refractivity (Wildman–Crippen MR) is 128 cm³/mol. The molecule has 0 fully saturated rings. The molecule has 3 aromatic rings. The first-order valence-corrected chi connectivity index (χ1v) is 10.9. The predicted octanol–water partition coefficient (Wildman–Crippen LogP) is 2.97. The van der Waals surface area contributed by atoms with E-state index in [0.717, 1.165) is 16.8 Å². The van der Waals surface area contributed by atoms with Gasteiger partial charge in [0.2, 0.25) is 5.91 Å². The zero-order valence-corrected chi connectivity index (χ0v) is 19.5. The normalized spacial score (nSPS) is 10.2. The minimum absolute atomic E-state index is 0.124. The van der Waals surface area contributed by atoms with E-state index in [4.69, 9.17) is 5.73 Å². The van der Waals surface area contributed by atoms with Crippen molar-refractivity contribution in [3.05, 3.63) is 81.3 Å². The number of amides is 1. The van der Waals surface area contributed by atoms with Crippen molar-refractivity contribution in [2.24, 2.45) is 0 Å². The van der Waals surface area contributed by atoms with Gasteiger partial charge in [-0.05, 0) is 49.6 Å². The van der Waals surface area contributed by atoms with Crippen LogP contribution in [0.25, 0.3) is 0 Å². The van der Waals surface area contributed by atoms with Crippen molar-refractivity contribution in [3.8, 4) is 0 Å². The average Bonchev–Trinajstić information content (AvgIpc) is 2.80. The van der Waals surface area contributed by atoms with Crippen LogP contribution in [0.4, 0.5) is 16.0 Å². The maximum atomic E-state index is 13.0. The number of carbonyl (C=O) groups is 1. The number of rotatable bonds is 8. The minimum Gasteiger partial charge on any atom is -0.384 e. The zero-order chi connectivity index (χ0) is 24.4. The van der Waals surface area contributed by atoms with Gasteiger partial charge in [-0.15, -0.1) is 0 Å². The molecular formula is C24H31FN6O2. The van der Waals surface area contributed by atoms with Gasteiger partial charge < -0.3 is 16.4 Å². The SMILES string of the molecule is CC.Cc1nc(N)ccc1CNC(=O)Cn1c(C)cnc(NCCc2ccc(F)cc2)c1=O. The van der Waals surface area contributed by atoms with Crippen LogP contribution in [-0.2, 0) is 24.3 Å². The molecule has 8 nitrogen and oxygen atoms in total. The smallest absolute Gasteiger partial charge is 0.293 e. The fourth-order valence-electron chi connectivity index (χ4n) is 3.05. The third-order valence-electron chi connectivity index (χ3n) is 4.87. The molecule has 0 radical (unpaired) electrons. The number of nitrogen functional groups attached to an aromatic ring is 1. The fraction of sp³-hybridized carbons (Fsp3) is 0.333. The number of carbonyl (C=O) groups excluding carboxylic acids is 1. The van der Waals surface area contributed by atoms with Gasteiger partial charge in [0, 0.05) is 30.7 Å². The molecule has 0 unspecified atom stereocenters. The van der Waals surface area contributed by atoms with Crippen molar-refractivity contribution in [1.82, 2.24) is 19.9 Å². The molecule has 0 saturated heterocycles. The Kier molecular flexibility index (Phi) is 9.53. The molecule has 2 heterocycles. The summed E-state index contributed by atoms with van der Waals surface area (Å²) in [4.78, 5) is 33.5. The molecule has 3 rings (SSSR count). The van der Waals surface area contributed by atoms with Gasteiger partial charge in [-0.1, -0.05) is 32.0 Å². The first-order chi connectivity index (χ1) is 15.8. The summed E-state index contributed by atoms with van der Waals surface area (Å²) in [5, 5.41) is 5.80. The number of hydrogen-bond donors (Lipinski definition) is 3. The maximum Gasteiger partial charge on any atom is 0.293 e. The number of hydrogen-bond acceptors (Lipinski definition) is 6. The first-order valence-electron chi connectivity index (χ1n) is 10.9. The highest BCUT2D eigenvalue weighted by Gasteiger charge is 2.12. The van der Waals surface area contributed by atoms with Crippen molar-refractivity contribution in [2.75, 3.05) is 17.6 Å². The monoisotopic (exact) mass is 454 g/mol. The highest BCUT2D eigenvalue weighted by molar-refractivity contribution is 5.75. The van der Waals surface area contributed by atoms with Crippen LogP contribution in [0.2, 0.25) is 0 Å². The highest BCUT2D eigenvalue weighted by Crippen LogP contribution is 2.08. The van der Waals surface area contributed by atoms with Gasteiger partial charge >= 0.3 is 0 Å². The highest BCUT2D eigenvalue weighted by atomic mass is 19.1. The summed E-state index contributed by atoms with van der Waals surface area (Å²) in [6, 6.07) is 9.67. The second kappa shape index (κ2) is 12.3. The van der Waals surface area contributed by atoms with E-state index in [-0.39, 0.29) is 29.6 Å². The van der Waals surface area contributed by atoms with Gasteiger partial charge in [-0.3, -0.25) is 14.2 Å². The first kappa shape index (κ1) is 25.5. The number of aromatic nitrogens is 3. The minimum atomic E-state index is -0.375. The number of nitrogens with one attached hydrogen (secondary N) is 2. The van der Waals surface area contributed by atoms with Gasteiger partial charge in [-0.2, -0.15) is 0 Å². The van der Waals surface area contributed by atoms with Crippen LogP contribution in [0.15, 0.2) is 47.4 Å². The standard InChI is InChI=1S/C22H25FN6O2.C2H6/c1-14-11-27-21(25-10-9-16-3-6-18(23)7-4-16)22(31)29(14)13-20(30)26-12-17-5-8-19(24)28-15(17)2;1-2/h3-8,11H,9-10,12-13H2,1-2H3,(H2,24,28)(H,25,27)(H,26,30);1-2H3. The molecule has 0 spiro atoms. The van der Waals surface area contributed by atoms with E-state index in [1.165, 1.54) is 16.7 Å². The lowest BCUT2D eigenvalue weighted by Crippen LogP contribution is -2.34. The summed E-state index contributed by atoms with van der Waals surface area (Å²) < 4.78 is 14.4. The van der Waals surface area contributed by atoms with E-state index in [2.05, 4.69) is 20.6 Å². The molecule has 0 aliphatic heterocycles. The molecule has 0 atom stereocenters. The van der Waals surface area contributed by atoms with Gasteiger partial charge in [0.05, 0.1) is 0 Å². The molecule has 1 amide bonds. The van der Waals surface area contributed by atoms with Crippen molar-refractivity contribution < 1.29 is 9.18 Å². The van der Waals surface area contributed by atoms with Crippen molar-refractivity contribution >= 4 is 17.5 Å². The lowest BCUT2D eigenvalue weighted by atomic mass is 10.1. The molecule has 0 saturated carbocycles. The Bertz CT molecular complexity index is 1130. The van der Waals surface area contributed by atoms with Crippen molar-refractivity contribution in [3.63, 3.8) is 0 Å². The number of nitrogens with two attached hydrogens (primary N) is 1. The van der Waals surface area contributed by atoms with Crippen LogP contribution in [0.5, 0.6) is 0 Å². The Morgan fingerprint density at radius 1 is 1.12 bits per heavy atom. The molecule has 33 heavy (non-hydrogen) atoms. The van der Waals surface area contributed by atoms with Crippen LogP contribution in [0.3, 0.4) is 0 Å². The summed E-state index contributed by atoms with van der Waals surface area (Å²) in [6.45, 7) is 8.16. The van der Waals surface area contributed by atoms with E-state index in [1.54, 1.807) is 31.3 Å². The molecule has 0 bridgehead atoms. The van der Waals surface area contributed by atoms with Crippen LogP contribution < -0.4 is 21.9 Å². The number of benzene rings is 1. The van der Waals surface area contributed by atoms with E-state index < -0.39 is 0 Å². The molecule has 0 aliphatic rings. The molecule has 0 aliphatic carbocycles. The van der Waals surface area contributed by atoms with E-state index in [1.807, 2.05) is 26.8 Å². The third kappa shape index (κ3) is 7.41. The maximum absolute atomic E-state index is 13.0. The van der Waals surface area contributed by atoms with Crippen LogP contribution >= 0.6 is 0 Å². The second-order valence-corrected chi connectivity index (χ2v) is 7.20. The summed E-state index contributed by atoms with van der Waals surface area (Å²) in [5.41, 5.74) is 8.38.